The molecule has 5 nitrogen and oxygen atoms in total. The van der Waals surface area contributed by atoms with Gasteiger partial charge < -0.3 is 9.30 Å². The molecule has 1 atom stereocenters. The molecule has 0 aliphatic heterocycles. The van der Waals surface area contributed by atoms with Crippen LogP contribution in [-0.4, -0.2) is 28.4 Å². The van der Waals surface area contributed by atoms with Gasteiger partial charge in [0.2, 0.25) is 5.82 Å². The number of esters is 1. The van der Waals surface area contributed by atoms with Gasteiger partial charge in [-0.15, -0.1) is 0 Å². The number of hydrogen-bond acceptors (Lipinski definition) is 4. The van der Waals surface area contributed by atoms with E-state index in [2.05, 4.69) is 4.98 Å². The number of ketones is 1. The molecular weight excluding hydrogens is 280 g/mol. The molecule has 0 bridgehead atoms. The smallest absolute Gasteiger partial charge is 0.374 e. The van der Waals surface area contributed by atoms with E-state index in [1.165, 1.54) is 7.11 Å². The van der Waals surface area contributed by atoms with Crippen molar-refractivity contribution in [2.75, 3.05) is 7.11 Å². The third kappa shape index (κ3) is 2.13. The van der Waals surface area contributed by atoms with Gasteiger partial charge in [0.15, 0.2) is 5.78 Å². The maximum absolute atomic E-state index is 12.4. The van der Waals surface area contributed by atoms with Crippen molar-refractivity contribution < 1.29 is 14.3 Å². The lowest BCUT2D eigenvalue weighted by Crippen LogP contribution is -2.37. The molecule has 114 valence electrons. The Morgan fingerprint density at radius 2 is 2.09 bits per heavy atom. The number of aromatic nitrogens is 2. The molecule has 0 radical (unpaired) electrons. The van der Waals surface area contributed by atoms with Gasteiger partial charge in [0.1, 0.15) is 0 Å². The summed E-state index contributed by atoms with van der Waals surface area (Å²) in [6, 6.07) is 7.42. The molecular formula is C17H18N2O3. The van der Waals surface area contributed by atoms with Crippen LogP contribution in [0.1, 0.15) is 52.9 Å². The second kappa shape index (κ2) is 5.09. The van der Waals surface area contributed by atoms with Crippen LogP contribution in [-0.2, 0) is 4.74 Å². The van der Waals surface area contributed by atoms with Crippen molar-refractivity contribution in [1.29, 1.82) is 0 Å². The number of ether oxygens (including phenoxy) is 1. The van der Waals surface area contributed by atoms with E-state index in [1.807, 2.05) is 42.7 Å². The van der Waals surface area contributed by atoms with Crippen LogP contribution in [0.15, 0.2) is 36.7 Å². The Hall–Kier alpha value is -2.43. The highest BCUT2D eigenvalue weighted by molar-refractivity contribution is 5.99. The summed E-state index contributed by atoms with van der Waals surface area (Å²) in [6.45, 7) is 4.07. The second-order valence-electron chi connectivity index (χ2n) is 6.23. The van der Waals surface area contributed by atoms with E-state index < -0.39 is 5.97 Å². The number of imidazole rings is 1. The molecule has 3 rings (SSSR count). The fourth-order valence-electron chi connectivity index (χ4n) is 3.31. The summed E-state index contributed by atoms with van der Waals surface area (Å²) in [7, 11) is 1.34. The van der Waals surface area contributed by atoms with Crippen molar-refractivity contribution in [2.24, 2.45) is 5.41 Å². The fraction of sp³-hybridized carbons (Fsp3) is 0.353. The van der Waals surface area contributed by atoms with Gasteiger partial charge in [-0.2, -0.15) is 0 Å². The number of rotatable bonds is 2. The Morgan fingerprint density at radius 3 is 2.82 bits per heavy atom. The van der Waals surface area contributed by atoms with Gasteiger partial charge in [-0.25, -0.2) is 9.78 Å². The Bertz CT molecular complexity index is 746. The molecule has 22 heavy (non-hydrogen) atoms. The largest absolute Gasteiger partial charge is 0.463 e. The van der Waals surface area contributed by atoms with Crippen molar-refractivity contribution >= 4 is 11.8 Å². The predicted octanol–water partition coefficient (Wildman–Crippen LogP) is 2.87. The average Bonchev–Trinajstić information content (AvgIpc) is 2.94. The number of methoxy groups -OCH3 is 1. The maximum Gasteiger partial charge on any atom is 0.374 e. The Balaban J connectivity index is 2.21. The van der Waals surface area contributed by atoms with Crippen LogP contribution in [0, 0.1) is 5.41 Å². The van der Waals surface area contributed by atoms with Crippen molar-refractivity contribution in [1.82, 2.24) is 9.55 Å². The summed E-state index contributed by atoms with van der Waals surface area (Å²) < 4.78 is 6.63. The van der Waals surface area contributed by atoms with E-state index in [4.69, 9.17) is 4.74 Å². The van der Waals surface area contributed by atoms with Crippen LogP contribution in [0.4, 0.5) is 0 Å². The van der Waals surface area contributed by atoms with Crippen LogP contribution >= 0.6 is 0 Å². The third-order valence-electron chi connectivity index (χ3n) is 4.23. The molecule has 1 aromatic heterocycles. The Kier molecular flexibility index (Phi) is 3.35. The van der Waals surface area contributed by atoms with Gasteiger partial charge in [-0.1, -0.05) is 38.1 Å². The maximum atomic E-state index is 12.4. The number of Topliss-reactive ketones (excluding diaryl/α,β-unsaturated/α-hetero) is 1. The highest BCUT2D eigenvalue weighted by Crippen LogP contribution is 2.46. The monoisotopic (exact) mass is 298 g/mol. The summed E-state index contributed by atoms with van der Waals surface area (Å²) in [6.07, 6.45) is 3.78. The minimum absolute atomic E-state index is 0.136. The number of benzene rings is 1. The highest BCUT2D eigenvalue weighted by atomic mass is 16.5. The number of hydrogen-bond donors (Lipinski definition) is 0. The Labute approximate surface area is 128 Å². The van der Waals surface area contributed by atoms with Crippen LogP contribution in [0.2, 0.25) is 0 Å². The van der Waals surface area contributed by atoms with Gasteiger partial charge in [0.25, 0.3) is 0 Å². The van der Waals surface area contributed by atoms with Gasteiger partial charge >= 0.3 is 5.97 Å². The standard InChI is InChI=1S/C17H18N2O3/c1-17(2)10-13(20)11-6-4-5-7-12(11)14(17)19-9-8-18-15(19)16(21)22-3/h4-9,14H,10H2,1-3H3. The third-order valence-corrected chi connectivity index (χ3v) is 4.23. The first kappa shape index (κ1) is 14.5. The average molecular weight is 298 g/mol. The van der Waals surface area contributed by atoms with Crippen LogP contribution in [0.3, 0.4) is 0 Å². The minimum atomic E-state index is -0.477. The molecule has 0 saturated heterocycles. The SMILES string of the molecule is COC(=O)c1nccn1C1c2ccccc2C(=O)CC1(C)C. The molecule has 5 heteroatoms. The lowest BCUT2D eigenvalue weighted by atomic mass is 9.69. The molecule has 0 spiro atoms. The molecule has 0 saturated carbocycles. The molecule has 1 unspecified atom stereocenters. The van der Waals surface area contributed by atoms with Crippen molar-refractivity contribution in [3.05, 3.63) is 53.6 Å². The number of fused-ring (bicyclic) bond motifs is 1. The molecule has 0 fully saturated rings. The first-order chi connectivity index (χ1) is 10.5. The molecule has 1 heterocycles. The normalized spacial score (nSPS) is 19.6. The summed E-state index contributed by atoms with van der Waals surface area (Å²) in [5.74, 6) is -0.0866. The molecule has 2 aromatic rings. The zero-order valence-electron chi connectivity index (χ0n) is 12.9. The highest BCUT2D eigenvalue weighted by Gasteiger charge is 2.42. The van der Waals surface area contributed by atoms with E-state index in [1.54, 1.807) is 12.4 Å². The number of carbonyl (C=O) groups excluding carboxylic acids is 2. The van der Waals surface area contributed by atoms with Crippen molar-refractivity contribution in [2.45, 2.75) is 26.3 Å². The minimum Gasteiger partial charge on any atom is -0.463 e. The Morgan fingerprint density at radius 1 is 1.36 bits per heavy atom. The molecule has 0 N–H and O–H groups in total. The number of carbonyl (C=O) groups is 2. The molecule has 1 aliphatic carbocycles. The van der Waals surface area contributed by atoms with E-state index >= 15 is 0 Å². The quantitative estimate of drug-likeness (QED) is 0.800. The van der Waals surface area contributed by atoms with E-state index in [-0.39, 0.29) is 23.1 Å². The molecule has 1 aromatic carbocycles. The topological polar surface area (TPSA) is 61.2 Å². The summed E-state index contributed by atoms with van der Waals surface area (Å²) in [4.78, 5) is 28.5. The first-order valence-electron chi connectivity index (χ1n) is 7.19. The fourth-order valence-corrected chi connectivity index (χ4v) is 3.31. The van der Waals surface area contributed by atoms with E-state index in [0.29, 0.717) is 6.42 Å². The van der Waals surface area contributed by atoms with Crippen LogP contribution < -0.4 is 0 Å². The number of nitrogens with zero attached hydrogens (tertiary/aromatic N) is 2. The summed E-state index contributed by atoms with van der Waals surface area (Å²) >= 11 is 0. The molecule has 1 aliphatic rings. The molecule has 0 amide bonds. The van der Waals surface area contributed by atoms with E-state index in [0.717, 1.165) is 11.1 Å². The van der Waals surface area contributed by atoms with Crippen LogP contribution in [0.5, 0.6) is 0 Å². The van der Waals surface area contributed by atoms with Gasteiger partial charge in [-0.05, 0) is 11.0 Å². The van der Waals surface area contributed by atoms with E-state index in [9.17, 15) is 9.59 Å². The van der Waals surface area contributed by atoms with Crippen molar-refractivity contribution in [3.8, 4) is 0 Å². The zero-order valence-corrected chi connectivity index (χ0v) is 12.9. The first-order valence-corrected chi connectivity index (χ1v) is 7.19. The van der Waals surface area contributed by atoms with Gasteiger partial charge in [0, 0.05) is 24.4 Å². The van der Waals surface area contributed by atoms with Crippen molar-refractivity contribution in [3.63, 3.8) is 0 Å². The lowest BCUT2D eigenvalue weighted by Gasteiger charge is -2.40. The predicted molar refractivity (Wildman–Crippen MR) is 80.9 cm³/mol. The lowest BCUT2D eigenvalue weighted by molar-refractivity contribution is 0.0573. The zero-order chi connectivity index (χ0) is 15.9. The summed E-state index contributed by atoms with van der Waals surface area (Å²) in [5, 5.41) is 0. The van der Waals surface area contributed by atoms with Crippen LogP contribution in [0.25, 0.3) is 0 Å². The van der Waals surface area contributed by atoms with Gasteiger partial charge in [-0.3, -0.25) is 4.79 Å². The second-order valence-corrected chi connectivity index (χ2v) is 6.23. The van der Waals surface area contributed by atoms with Gasteiger partial charge in [0.05, 0.1) is 13.2 Å². The summed E-state index contributed by atoms with van der Waals surface area (Å²) in [5.41, 5.74) is 1.32.